The lowest BCUT2D eigenvalue weighted by Crippen LogP contribution is -2.38. The summed E-state index contributed by atoms with van der Waals surface area (Å²) < 4.78 is 43.8. The van der Waals surface area contributed by atoms with Gasteiger partial charge in [-0.25, -0.2) is 0 Å². The van der Waals surface area contributed by atoms with Crippen LogP contribution in [0.2, 0.25) is 5.02 Å². The number of halogens is 4. The molecule has 0 saturated heterocycles. The molecule has 0 fully saturated rings. The molecule has 0 aromatic heterocycles. The highest BCUT2D eigenvalue weighted by Crippen LogP contribution is 2.35. The van der Waals surface area contributed by atoms with Gasteiger partial charge in [-0.3, -0.25) is 0 Å². The predicted octanol–water partition coefficient (Wildman–Crippen LogP) is 4.33. The smallest absolute Gasteiger partial charge is 0.416 e. The third-order valence-electron chi connectivity index (χ3n) is 4.20. The van der Waals surface area contributed by atoms with Gasteiger partial charge < -0.3 is 20.7 Å². The largest absolute Gasteiger partial charge is 0.457 e. The van der Waals surface area contributed by atoms with E-state index in [0.29, 0.717) is 17.2 Å². The number of nitrogens with two attached hydrogens (primary N) is 1. The lowest BCUT2D eigenvalue weighted by atomic mass is 9.92. The first-order valence-electron chi connectivity index (χ1n) is 8.31. The van der Waals surface area contributed by atoms with E-state index in [0.717, 1.165) is 17.7 Å². The second kappa shape index (κ2) is 8.93. The highest BCUT2D eigenvalue weighted by atomic mass is 35.5. The van der Waals surface area contributed by atoms with Gasteiger partial charge >= 0.3 is 6.18 Å². The van der Waals surface area contributed by atoms with Crippen molar-refractivity contribution in [3.05, 3.63) is 58.6 Å². The fraction of sp³-hybridized carbons (Fsp3) is 0.368. The summed E-state index contributed by atoms with van der Waals surface area (Å²) in [6.07, 6.45) is -5.04. The molecule has 0 saturated carbocycles. The minimum absolute atomic E-state index is 0.0473. The Kier molecular flexibility index (Phi) is 7.11. The van der Waals surface area contributed by atoms with Crippen molar-refractivity contribution in [2.75, 3.05) is 6.61 Å². The fourth-order valence-corrected chi connectivity index (χ4v) is 2.99. The van der Waals surface area contributed by atoms with Crippen LogP contribution < -0.4 is 10.5 Å². The summed E-state index contributed by atoms with van der Waals surface area (Å²) in [5.41, 5.74) is 5.53. The van der Waals surface area contributed by atoms with Gasteiger partial charge in [-0.05, 0) is 48.2 Å². The van der Waals surface area contributed by atoms with Gasteiger partial charge in [0.2, 0.25) is 0 Å². The molecule has 2 rings (SSSR count). The predicted molar refractivity (Wildman–Crippen MR) is 97.1 cm³/mol. The van der Waals surface area contributed by atoms with Crippen molar-refractivity contribution in [2.45, 2.75) is 37.6 Å². The second-order valence-corrected chi connectivity index (χ2v) is 6.77. The van der Waals surface area contributed by atoms with Crippen LogP contribution in [0.5, 0.6) is 11.5 Å². The maximum absolute atomic E-state index is 12.8. The van der Waals surface area contributed by atoms with Gasteiger partial charge in [0.05, 0.1) is 24.3 Å². The Morgan fingerprint density at radius 3 is 2.41 bits per heavy atom. The first-order valence-corrected chi connectivity index (χ1v) is 8.68. The lowest BCUT2D eigenvalue weighted by molar-refractivity contribution is -0.137. The first kappa shape index (κ1) is 21.5. The van der Waals surface area contributed by atoms with Crippen LogP contribution >= 0.6 is 11.6 Å². The number of benzene rings is 2. The quantitative estimate of drug-likeness (QED) is 0.643. The molecule has 3 atom stereocenters. The zero-order valence-corrected chi connectivity index (χ0v) is 15.3. The third kappa shape index (κ3) is 5.84. The molecular weight excluding hydrogens is 383 g/mol. The Labute approximate surface area is 160 Å². The summed E-state index contributed by atoms with van der Waals surface area (Å²) in [5.74, 6) is 0.196. The van der Waals surface area contributed by atoms with Crippen LogP contribution in [0.4, 0.5) is 13.2 Å². The van der Waals surface area contributed by atoms with Gasteiger partial charge in [0, 0.05) is 5.02 Å². The first-order chi connectivity index (χ1) is 12.6. The summed E-state index contributed by atoms with van der Waals surface area (Å²) >= 11 is 6.27. The zero-order valence-electron chi connectivity index (χ0n) is 14.6. The van der Waals surface area contributed by atoms with Crippen molar-refractivity contribution in [2.24, 2.45) is 5.73 Å². The van der Waals surface area contributed by atoms with Crippen molar-refractivity contribution in [3.63, 3.8) is 0 Å². The number of ether oxygens (including phenoxy) is 1. The normalized spacial score (nSPS) is 15.3. The van der Waals surface area contributed by atoms with Gasteiger partial charge in [-0.2, -0.15) is 13.2 Å². The minimum atomic E-state index is -4.45. The summed E-state index contributed by atoms with van der Waals surface area (Å²) in [6, 6.07) is 8.61. The molecule has 0 heterocycles. The molecule has 0 spiro atoms. The van der Waals surface area contributed by atoms with Crippen LogP contribution in [0, 0.1) is 0 Å². The van der Waals surface area contributed by atoms with Crippen LogP contribution in [-0.2, 0) is 6.18 Å². The van der Waals surface area contributed by atoms with Crippen molar-refractivity contribution in [3.8, 4) is 11.5 Å². The summed E-state index contributed by atoms with van der Waals surface area (Å²) in [4.78, 5) is 0. The molecular formula is C19H21ClF3NO3. The molecule has 148 valence electrons. The standard InChI is InChI=1S/C19H21ClF3NO3/c1-11(7-18(26)17(24)10-25)15-6-5-14(9-16(15)20)27-13-4-2-3-12(8-13)19(21,22)23/h2-6,8-9,11,17-18,25-26H,7,10,24H2,1H3. The monoisotopic (exact) mass is 403 g/mol. The SMILES string of the molecule is CC(CC(O)C(N)CO)c1ccc(Oc2cccc(C(F)(F)F)c2)cc1Cl. The van der Waals surface area contributed by atoms with E-state index in [1.165, 1.54) is 18.2 Å². The molecule has 2 aromatic rings. The Morgan fingerprint density at radius 1 is 1.15 bits per heavy atom. The number of aliphatic hydroxyl groups is 2. The van der Waals surface area contributed by atoms with E-state index in [1.54, 1.807) is 12.1 Å². The Bertz CT molecular complexity index is 770. The minimum Gasteiger partial charge on any atom is -0.457 e. The molecule has 3 unspecified atom stereocenters. The van der Waals surface area contributed by atoms with Gasteiger partial charge in [-0.15, -0.1) is 0 Å². The maximum atomic E-state index is 12.8. The van der Waals surface area contributed by atoms with Crippen molar-refractivity contribution in [1.82, 2.24) is 0 Å². The van der Waals surface area contributed by atoms with Crippen LogP contribution in [0.15, 0.2) is 42.5 Å². The topological polar surface area (TPSA) is 75.7 Å². The number of aliphatic hydroxyl groups excluding tert-OH is 2. The lowest BCUT2D eigenvalue weighted by Gasteiger charge is -2.21. The zero-order chi connectivity index (χ0) is 20.2. The van der Waals surface area contributed by atoms with Crippen LogP contribution in [-0.4, -0.2) is 29.0 Å². The summed E-state index contributed by atoms with van der Waals surface area (Å²) in [6.45, 7) is 1.52. The van der Waals surface area contributed by atoms with E-state index >= 15 is 0 Å². The average molecular weight is 404 g/mol. The van der Waals surface area contributed by atoms with Crippen LogP contribution in [0.25, 0.3) is 0 Å². The molecule has 4 N–H and O–H groups in total. The van der Waals surface area contributed by atoms with E-state index in [-0.39, 0.29) is 18.3 Å². The maximum Gasteiger partial charge on any atom is 0.416 e. The number of rotatable bonds is 7. The summed E-state index contributed by atoms with van der Waals surface area (Å²) in [7, 11) is 0. The van der Waals surface area contributed by atoms with Gasteiger partial charge in [0.1, 0.15) is 11.5 Å². The van der Waals surface area contributed by atoms with Crippen molar-refractivity contribution < 1.29 is 28.1 Å². The molecule has 0 bridgehead atoms. The summed E-state index contributed by atoms with van der Waals surface area (Å²) in [5, 5.41) is 19.3. The Balaban J connectivity index is 2.13. The Hall–Kier alpha value is -1.80. The second-order valence-electron chi connectivity index (χ2n) is 6.36. The molecule has 0 radical (unpaired) electrons. The molecule has 8 heteroatoms. The molecule has 27 heavy (non-hydrogen) atoms. The van der Waals surface area contributed by atoms with Crippen LogP contribution in [0.1, 0.15) is 30.4 Å². The number of alkyl halides is 3. The van der Waals surface area contributed by atoms with Crippen molar-refractivity contribution in [1.29, 1.82) is 0 Å². The van der Waals surface area contributed by atoms with Crippen molar-refractivity contribution >= 4 is 11.6 Å². The third-order valence-corrected chi connectivity index (χ3v) is 4.53. The molecule has 0 aliphatic rings. The van der Waals surface area contributed by atoms with Crippen LogP contribution in [0.3, 0.4) is 0 Å². The van der Waals surface area contributed by atoms with E-state index < -0.39 is 23.9 Å². The molecule has 4 nitrogen and oxygen atoms in total. The molecule has 0 amide bonds. The molecule has 0 aliphatic heterocycles. The van der Waals surface area contributed by atoms with E-state index in [4.69, 9.17) is 27.2 Å². The van der Waals surface area contributed by atoms with Gasteiger partial charge in [-0.1, -0.05) is 30.7 Å². The Morgan fingerprint density at radius 2 is 1.81 bits per heavy atom. The highest BCUT2D eigenvalue weighted by Gasteiger charge is 2.30. The van der Waals surface area contributed by atoms with E-state index in [2.05, 4.69) is 0 Å². The molecule has 0 aliphatic carbocycles. The average Bonchev–Trinajstić information content (AvgIpc) is 2.60. The number of hydrogen-bond donors (Lipinski definition) is 3. The van der Waals surface area contributed by atoms with E-state index in [9.17, 15) is 18.3 Å². The highest BCUT2D eigenvalue weighted by molar-refractivity contribution is 6.31. The van der Waals surface area contributed by atoms with E-state index in [1.807, 2.05) is 6.92 Å². The van der Waals surface area contributed by atoms with Gasteiger partial charge in [0.15, 0.2) is 0 Å². The van der Waals surface area contributed by atoms with Gasteiger partial charge in [0.25, 0.3) is 0 Å². The number of hydrogen-bond acceptors (Lipinski definition) is 4. The fourth-order valence-electron chi connectivity index (χ4n) is 2.63. The molecule has 2 aromatic carbocycles.